The van der Waals surface area contributed by atoms with Crippen LogP contribution in [-0.4, -0.2) is 66.3 Å². The minimum Gasteiger partial charge on any atom is -0.459 e. The summed E-state index contributed by atoms with van der Waals surface area (Å²) in [6, 6.07) is 3.43. The van der Waals surface area contributed by atoms with Gasteiger partial charge in [-0.3, -0.25) is 4.79 Å². The van der Waals surface area contributed by atoms with Crippen molar-refractivity contribution in [3.05, 3.63) is 24.2 Å². The van der Waals surface area contributed by atoms with Crippen molar-refractivity contribution < 1.29 is 13.9 Å². The molecule has 1 aromatic heterocycles. The highest BCUT2D eigenvalue weighted by atomic mass is 32.1. The van der Waals surface area contributed by atoms with Crippen LogP contribution in [0.2, 0.25) is 0 Å². The molecular weight excluding hydrogens is 302 g/mol. The fraction of sp³-hybridized carbons (Fsp3) is 0.600. The van der Waals surface area contributed by atoms with E-state index in [0.717, 1.165) is 44.2 Å². The van der Waals surface area contributed by atoms with E-state index in [4.69, 9.17) is 21.4 Å². The molecule has 2 aliphatic rings. The number of hydrogen-bond acceptors (Lipinski definition) is 4. The van der Waals surface area contributed by atoms with Crippen molar-refractivity contribution in [1.29, 1.82) is 0 Å². The molecule has 1 aromatic rings. The maximum Gasteiger partial charge on any atom is 0.289 e. The molecule has 2 aliphatic heterocycles. The Balaban J connectivity index is 1.42. The van der Waals surface area contributed by atoms with E-state index in [0.29, 0.717) is 18.8 Å². The van der Waals surface area contributed by atoms with Gasteiger partial charge in [-0.2, -0.15) is 0 Å². The lowest BCUT2D eigenvalue weighted by molar-refractivity contribution is 0.0658. The standard InChI is InChI=1S/C15H21N3O3S/c19-14(13-4-2-10-21-13)17-5-7-18(8-6-17)15(22)16-11-12-3-1-9-20-12/h2,4,10,12H,1,3,5-9,11H2,(H,16,22)/t12-/m0/s1. The Morgan fingerprint density at radius 1 is 1.32 bits per heavy atom. The van der Waals surface area contributed by atoms with Crippen molar-refractivity contribution in [1.82, 2.24) is 15.1 Å². The Bertz CT molecular complexity index is 506. The van der Waals surface area contributed by atoms with Crippen LogP contribution in [-0.2, 0) is 4.74 Å². The number of thiocarbonyl (C=S) groups is 1. The first-order chi connectivity index (χ1) is 10.7. The second-order valence-electron chi connectivity index (χ2n) is 5.58. The van der Waals surface area contributed by atoms with Crippen LogP contribution in [0.15, 0.2) is 22.8 Å². The summed E-state index contributed by atoms with van der Waals surface area (Å²) in [7, 11) is 0. The van der Waals surface area contributed by atoms with Crippen molar-refractivity contribution in [3.8, 4) is 0 Å². The Morgan fingerprint density at radius 3 is 2.73 bits per heavy atom. The third kappa shape index (κ3) is 3.59. The van der Waals surface area contributed by atoms with Crippen LogP contribution in [0.1, 0.15) is 23.4 Å². The van der Waals surface area contributed by atoms with Crippen molar-refractivity contribution in [3.63, 3.8) is 0 Å². The van der Waals surface area contributed by atoms with Gasteiger partial charge in [0.15, 0.2) is 10.9 Å². The lowest BCUT2D eigenvalue weighted by Gasteiger charge is -2.36. The maximum atomic E-state index is 12.2. The summed E-state index contributed by atoms with van der Waals surface area (Å²) >= 11 is 5.43. The molecule has 1 amide bonds. The van der Waals surface area contributed by atoms with Crippen LogP contribution >= 0.6 is 12.2 Å². The number of piperazine rings is 1. The highest BCUT2D eigenvalue weighted by molar-refractivity contribution is 7.80. The molecule has 3 rings (SSSR count). The fourth-order valence-electron chi connectivity index (χ4n) is 2.79. The van der Waals surface area contributed by atoms with Gasteiger partial charge >= 0.3 is 0 Å². The van der Waals surface area contributed by atoms with Gasteiger partial charge in [-0.15, -0.1) is 0 Å². The van der Waals surface area contributed by atoms with Crippen LogP contribution in [0.3, 0.4) is 0 Å². The topological polar surface area (TPSA) is 58.0 Å². The zero-order valence-electron chi connectivity index (χ0n) is 12.5. The molecule has 0 saturated carbocycles. The third-order valence-corrected chi connectivity index (χ3v) is 4.49. The summed E-state index contributed by atoms with van der Waals surface area (Å²) in [5.41, 5.74) is 0. The van der Waals surface area contributed by atoms with Crippen molar-refractivity contribution >= 4 is 23.2 Å². The fourth-order valence-corrected chi connectivity index (χ4v) is 3.05. The number of furan rings is 1. The molecule has 0 spiro atoms. The molecule has 2 fully saturated rings. The molecule has 120 valence electrons. The number of rotatable bonds is 3. The number of nitrogens with zero attached hydrogens (tertiary/aromatic N) is 2. The summed E-state index contributed by atoms with van der Waals surface area (Å²) in [4.78, 5) is 16.1. The van der Waals surface area contributed by atoms with Gasteiger partial charge in [0.25, 0.3) is 5.91 Å². The van der Waals surface area contributed by atoms with Crippen molar-refractivity contribution in [2.75, 3.05) is 39.3 Å². The molecule has 7 heteroatoms. The van der Waals surface area contributed by atoms with E-state index in [2.05, 4.69) is 10.2 Å². The number of ether oxygens (including phenoxy) is 1. The number of carbonyl (C=O) groups excluding carboxylic acids is 1. The highest BCUT2D eigenvalue weighted by Gasteiger charge is 2.25. The molecule has 0 unspecified atom stereocenters. The minimum atomic E-state index is -0.0529. The van der Waals surface area contributed by atoms with Gasteiger partial charge in [0.1, 0.15) is 0 Å². The molecule has 0 aromatic carbocycles. The molecule has 2 saturated heterocycles. The van der Waals surface area contributed by atoms with E-state index in [1.54, 1.807) is 17.0 Å². The average Bonchev–Trinajstić information content (AvgIpc) is 3.25. The number of amides is 1. The van der Waals surface area contributed by atoms with Gasteiger partial charge in [-0.1, -0.05) is 0 Å². The average molecular weight is 323 g/mol. The van der Waals surface area contributed by atoms with Crippen LogP contribution in [0.5, 0.6) is 0 Å². The lowest BCUT2D eigenvalue weighted by atomic mass is 10.2. The van der Waals surface area contributed by atoms with Crippen LogP contribution in [0.4, 0.5) is 0 Å². The van der Waals surface area contributed by atoms with Crippen molar-refractivity contribution in [2.24, 2.45) is 0 Å². The van der Waals surface area contributed by atoms with E-state index >= 15 is 0 Å². The summed E-state index contributed by atoms with van der Waals surface area (Å²) in [5.74, 6) is 0.343. The van der Waals surface area contributed by atoms with Gasteiger partial charge in [0.05, 0.1) is 12.4 Å². The summed E-state index contributed by atoms with van der Waals surface area (Å²) in [6.07, 6.45) is 4.03. The molecular formula is C15H21N3O3S. The SMILES string of the molecule is O=C(c1ccco1)N1CCN(C(=S)NC[C@@H]2CCCO2)CC1. The van der Waals surface area contributed by atoms with E-state index in [1.807, 2.05) is 0 Å². The maximum absolute atomic E-state index is 12.2. The molecule has 0 radical (unpaired) electrons. The zero-order valence-corrected chi connectivity index (χ0v) is 13.3. The summed E-state index contributed by atoms with van der Waals surface area (Å²) in [6.45, 7) is 4.41. The van der Waals surface area contributed by atoms with E-state index in [1.165, 1.54) is 6.26 Å². The predicted molar refractivity (Wildman–Crippen MR) is 85.8 cm³/mol. The quantitative estimate of drug-likeness (QED) is 0.841. The predicted octanol–water partition coefficient (Wildman–Crippen LogP) is 1.09. The molecule has 6 nitrogen and oxygen atoms in total. The normalized spacial score (nSPS) is 21.9. The second-order valence-corrected chi connectivity index (χ2v) is 5.96. The number of hydrogen-bond donors (Lipinski definition) is 1. The number of nitrogens with one attached hydrogen (secondary N) is 1. The Morgan fingerprint density at radius 2 is 2.09 bits per heavy atom. The highest BCUT2D eigenvalue weighted by Crippen LogP contribution is 2.12. The first-order valence-electron chi connectivity index (χ1n) is 7.71. The number of carbonyl (C=O) groups is 1. The van der Waals surface area contributed by atoms with Gasteiger partial charge in [-0.05, 0) is 37.2 Å². The Labute approximate surface area is 135 Å². The first kappa shape index (κ1) is 15.3. The molecule has 0 aliphatic carbocycles. The van der Waals surface area contributed by atoms with Crippen molar-refractivity contribution in [2.45, 2.75) is 18.9 Å². The van der Waals surface area contributed by atoms with Crippen LogP contribution in [0.25, 0.3) is 0 Å². The van der Waals surface area contributed by atoms with Gasteiger partial charge in [0.2, 0.25) is 0 Å². The Hall–Kier alpha value is -1.60. The first-order valence-corrected chi connectivity index (χ1v) is 8.12. The van der Waals surface area contributed by atoms with Crippen LogP contribution < -0.4 is 5.32 Å². The largest absolute Gasteiger partial charge is 0.459 e. The Kier molecular flexibility index (Phi) is 4.94. The van der Waals surface area contributed by atoms with E-state index in [9.17, 15) is 4.79 Å². The third-order valence-electron chi connectivity index (χ3n) is 4.09. The van der Waals surface area contributed by atoms with Crippen LogP contribution in [0, 0.1) is 0 Å². The second kappa shape index (κ2) is 7.11. The molecule has 1 atom stereocenters. The minimum absolute atomic E-state index is 0.0529. The van der Waals surface area contributed by atoms with Gasteiger partial charge < -0.3 is 24.3 Å². The smallest absolute Gasteiger partial charge is 0.289 e. The summed E-state index contributed by atoms with van der Waals surface area (Å²) < 4.78 is 10.7. The molecule has 1 N–H and O–H groups in total. The summed E-state index contributed by atoms with van der Waals surface area (Å²) in [5, 5.41) is 4.03. The lowest BCUT2D eigenvalue weighted by Crippen LogP contribution is -2.53. The van der Waals surface area contributed by atoms with Gasteiger partial charge in [-0.25, -0.2) is 0 Å². The zero-order chi connectivity index (χ0) is 15.4. The molecule has 3 heterocycles. The van der Waals surface area contributed by atoms with E-state index < -0.39 is 0 Å². The molecule has 22 heavy (non-hydrogen) atoms. The van der Waals surface area contributed by atoms with E-state index in [-0.39, 0.29) is 12.0 Å². The molecule has 0 bridgehead atoms. The van der Waals surface area contributed by atoms with Gasteiger partial charge in [0, 0.05) is 39.3 Å². The monoisotopic (exact) mass is 323 g/mol.